The molecule has 0 aromatic heterocycles. The summed E-state index contributed by atoms with van der Waals surface area (Å²) in [6.07, 6.45) is 6.12. The molecule has 0 radical (unpaired) electrons. The van der Waals surface area contributed by atoms with Gasteiger partial charge in [0.25, 0.3) is 0 Å². The minimum absolute atomic E-state index is 0.165. The molecule has 0 bridgehead atoms. The van der Waals surface area contributed by atoms with Gasteiger partial charge in [-0.15, -0.1) is 0 Å². The fourth-order valence-corrected chi connectivity index (χ4v) is 2.31. The summed E-state index contributed by atoms with van der Waals surface area (Å²) in [4.78, 5) is 14.1. The van der Waals surface area contributed by atoms with Gasteiger partial charge in [0.15, 0.2) is 0 Å². The van der Waals surface area contributed by atoms with Crippen molar-refractivity contribution in [1.82, 2.24) is 10.2 Å². The molecule has 0 atom stereocenters. The topological polar surface area (TPSA) is 32.3 Å². The van der Waals surface area contributed by atoms with Crippen molar-refractivity contribution in [2.75, 3.05) is 13.1 Å². The van der Waals surface area contributed by atoms with E-state index in [0.717, 1.165) is 37.2 Å². The maximum Gasteiger partial charge on any atom is 0.226 e. The molecule has 1 rings (SSSR count). The lowest BCUT2D eigenvalue weighted by Crippen LogP contribution is -2.45. The van der Waals surface area contributed by atoms with E-state index in [1.807, 2.05) is 24.8 Å². The summed E-state index contributed by atoms with van der Waals surface area (Å²) in [5.74, 6) is 0.165. The molecule has 1 saturated heterocycles. The Balaban J connectivity index is 3.02. The van der Waals surface area contributed by atoms with E-state index in [2.05, 4.69) is 18.5 Å². The minimum Gasteiger partial charge on any atom is -0.317 e. The van der Waals surface area contributed by atoms with Crippen LogP contribution in [-0.4, -0.2) is 29.9 Å². The van der Waals surface area contributed by atoms with Crippen LogP contribution in [0.25, 0.3) is 0 Å². The van der Waals surface area contributed by atoms with Crippen LogP contribution in [0.15, 0.2) is 36.6 Å². The maximum atomic E-state index is 12.2. The Hall–Kier alpha value is -1.35. The van der Waals surface area contributed by atoms with E-state index < -0.39 is 0 Å². The summed E-state index contributed by atoms with van der Waals surface area (Å²) in [5.41, 5.74) is 1.82. The van der Waals surface area contributed by atoms with Gasteiger partial charge in [0.05, 0.1) is 0 Å². The molecule has 1 amide bonds. The molecule has 0 unspecified atom stereocenters. The molecular weight excluding hydrogens is 224 g/mol. The van der Waals surface area contributed by atoms with Crippen LogP contribution >= 0.6 is 0 Å². The lowest BCUT2D eigenvalue weighted by Gasteiger charge is -2.36. The van der Waals surface area contributed by atoms with E-state index in [1.165, 1.54) is 0 Å². The Labute approximate surface area is 110 Å². The molecule has 0 spiro atoms. The van der Waals surface area contributed by atoms with E-state index >= 15 is 0 Å². The first-order valence-electron chi connectivity index (χ1n) is 6.63. The number of hydrogen-bond donors (Lipinski definition) is 1. The van der Waals surface area contributed by atoms with Gasteiger partial charge in [-0.2, -0.15) is 0 Å². The first-order chi connectivity index (χ1) is 8.61. The zero-order chi connectivity index (χ0) is 13.5. The quantitative estimate of drug-likeness (QED) is 0.759. The SMILES string of the molecule is C=C/C=C(\C(=C)C)N(C(=O)CC)C1CCNCC1. The molecule has 0 aliphatic carbocycles. The van der Waals surface area contributed by atoms with Gasteiger partial charge in [-0.3, -0.25) is 4.79 Å². The smallest absolute Gasteiger partial charge is 0.226 e. The Kier molecular flexibility index (Phi) is 5.86. The molecule has 1 aliphatic rings. The van der Waals surface area contributed by atoms with Crippen molar-refractivity contribution in [3.63, 3.8) is 0 Å². The molecule has 1 heterocycles. The van der Waals surface area contributed by atoms with Crippen LogP contribution in [0, 0.1) is 0 Å². The normalized spacial score (nSPS) is 17.3. The first kappa shape index (κ1) is 14.7. The van der Waals surface area contributed by atoms with Crippen LogP contribution < -0.4 is 5.32 Å². The number of carbonyl (C=O) groups is 1. The van der Waals surface area contributed by atoms with E-state index in [-0.39, 0.29) is 11.9 Å². The van der Waals surface area contributed by atoms with Crippen LogP contribution in [0.4, 0.5) is 0 Å². The fraction of sp³-hybridized carbons (Fsp3) is 0.533. The molecule has 0 aromatic rings. The highest BCUT2D eigenvalue weighted by Gasteiger charge is 2.27. The lowest BCUT2D eigenvalue weighted by molar-refractivity contribution is -0.131. The second kappa shape index (κ2) is 7.17. The third-order valence-electron chi connectivity index (χ3n) is 3.22. The standard InChI is InChI=1S/C15H24N2O/c1-5-7-14(12(3)4)17(15(18)6-2)13-8-10-16-11-9-13/h5,7,13,16H,1,3,6,8-11H2,2,4H3/b14-7+. The zero-order valence-corrected chi connectivity index (χ0v) is 11.5. The van der Waals surface area contributed by atoms with Crippen molar-refractivity contribution < 1.29 is 4.79 Å². The highest BCUT2D eigenvalue weighted by atomic mass is 16.2. The predicted octanol–water partition coefficient (Wildman–Crippen LogP) is 2.62. The molecule has 100 valence electrons. The van der Waals surface area contributed by atoms with E-state index in [0.29, 0.717) is 6.42 Å². The number of nitrogens with zero attached hydrogens (tertiary/aromatic N) is 1. The largest absolute Gasteiger partial charge is 0.317 e. The lowest BCUT2D eigenvalue weighted by atomic mass is 10.0. The van der Waals surface area contributed by atoms with Crippen LogP contribution in [0.2, 0.25) is 0 Å². The fourth-order valence-electron chi connectivity index (χ4n) is 2.31. The summed E-state index contributed by atoms with van der Waals surface area (Å²) >= 11 is 0. The zero-order valence-electron chi connectivity index (χ0n) is 11.5. The van der Waals surface area contributed by atoms with E-state index in [9.17, 15) is 4.79 Å². The Morgan fingerprint density at radius 2 is 2.06 bits per heavy atom. The van der Waals surface area contributed by atoms with Crippen molar-refractivity contribution in [2.24, 2.45) is 0 Å². The average Bonchev–Trinajstić information content (AvgIpc) is 2.39. The molecule has 0 aromatic carbocycles. The minimum atomic E-state index is 0.165. The van der Waals surface area contributed by atoms with Crippen LogP contribution in [-0.2, 0) is 4.79 Å². The van der Waals surface area contributed by atoms with Gasteiger partial charge in [0.2, 0.25) is 5.91 Å². The summed E-state index contributed by atoms with van der Waals surface area (Å²) in [5, 5.41) is 3.33. The van der Waals surface area contributed by atoms with Gasteiger partial charge < -0.3 is 10.2 Å². The van der Waals surface area contributed by atoms with Crippen molar-refractivity contribution >= 4 is 5.91 Å². The molecule has 1 fully saturated rings. The number of nitrogens with one attached hydrogen (secondary N) is 1. The van der Waals surface area contributed by atoms with Crippen LogP contribution in [0.5, 0.6) is 0 Å². The number of rotatable bonds is 5. The Morgan fingerprint density at radius 3 is 2.50 bits per heavy atom. The van der Waals surface area contributed by atoms with Gasteiger partial charge >= 0.3 is 0 Å². The average molecular weight is 248 g/mol. The molecule has 18 heavy (non-hydrogen) atoms. The predicted molar refractivity (Wildman–Crippen MR) is 76.1 cm³/mol. The van der Waals surface area contributed by atoms with Gasteiger partial charge in [-0.05, 0) is 44.5 Å². The van der Waals surface area contributed by atoms with Gasteiger partial charge in [-0.1, -0.05) is 26.2 Å². The summed E-state index contributed by atoms with van der Waals surface area (Å²) in [6, 6.07) is 0.279. The number of hydrogen-bond acceptors (Lipinski definition) is 2. The summed E-state index contributed by atoms with van der Waals surface area (Å²) < 4.78 is 0. The second-order valence-corrected chi connectivity index (χ2v) is 4.67. The molecular formula is C15H24N2O. The molecule has 1 N–H and O–H groups in total. The van der Waals surface area contributed by atoms with Gasteiger partial charge in [0.1, 0.15) is 0 Å². The van der Waals surface area contributed by atoms with Crippen LogP contribution in [0.3, 0.4) is 0 Å². The number of piperidine rings is 1. The Morgan fingerprint density at radius 1 is 1.44 bits per heavy atom. The van der Waals surface area contributed by atoms with E-state index in [4.69, 9.17) is 0 Å². The van der Waals surface area contributed by atoms with E-state index in [1.54, 1.807) is 6.08 Å². The highest BCUT2D eigenvalue weighted by molar-refractivity contribution is 5.79. The monoisotopic (exact) mass is 248 g/mol. The maximum absolute atomic E-state index is 12.2. The Bertz CT molecular complexity index is 352. The molecule has 0 saturated carbocycles. The number of carbonyl (C=O) groups excluding carboxylic acids is 1. The van der Waals surface area contributed by atoms with Crippen molar-refractivity contribution in [3.05, 3.63) is 36.6 Å². The highest BCUT2D eigenvalue weighted by Crippen LogP contribution is 2.23. The van der Waals surface area contributed by atoms with Crippen molar-refractivity contribution in [1.29, 1.82) is 0 Å². The summed E-state index contributed by atoms with van der Waals surface area (Å²) in [7, 11) is 0. The molecule has 1 aliphatic heterocycles. The van der Waals surface area contributed by atoms with Gasteiger partial charge in [0, 0.05) is 18.2 Å². The first-order valence-corrected chi connectivity index (χ1v) is 6.63. The number of amides is 1. The third kappa shape index (κ3) is 3.57. The summed E-state index contributed by atoms with van der Waals surface area (Å²) in [6.45, 7) is 13.5. The molecule has 3 heteroatoms. The van der Waals surface area contributed by atoms with Gasteiger partial charge in [-0.25, -0.2) is 0 Å². The van der Waals surface area contributed by atoms with Crippen LogP contribution in [0.1, 0.15) is 33.1 Å². The van der Waals surface area contributed by atoms with Crippen molar-refractivity contribution in [3.8, 4) is 0 Å². The molecule has 3 nitrogen and oxygen atoms in total. The number of allylic oxidation sites excluding steroid dienone is 3. The third-order valence-corrected chi connectivity index (χ3v) is 3.22. The van der Waals surface area contributed by atoms with Crippen molar-refractivity contribution in [2.45, 2.75) is 39.2 Å². The second-order valence-electron chi connectivity index (χ2n) is 4.67.